The molecule has 0 aromatic heterocycles. The van der Waals surface area contributed by atoms with Gasteiger partial charge in [-0.25, -0.2) is 0 Å². The summed E-state index contributed by atoms with van der Waals surface area (Å²) >= 11 is 1.75. The number of hydrogen-bond donors (Lipinski definition) is 1. The predicted molar refractivity (Wildman–Crippen MR) is 192 cm³/mol. The van der Waals surface area contributed by atoms with E-state index in [1.165, 1.54) is 12.8 Å². The maximum atomic E-state index is 12.8. The molecule has 0 heterocycles. The van der Waals surface area contributed by atoms with Crippen LogP contribution in [-0.2, 0) is 23.2 Å². The van der Waals surface area contributed by atoms with Gasteiger partial charge in [0.05, 0.1) is 12.2 Å². The van der Waals surface area contributed by atoms with Crippen molar-refractivity contribution < 1.29 is 28.3 Å². The van der Waals surface area contributed by atoms with Crippen LogP contribution in [0.3, 0.4) is 0 Å². The number of carboxylic acid groups (broad SMARTS) is 1. The summed E-state index contributed by atoms with van der Waals surface area (Å²) in [5.41, 5.74) is 0. The molecule has 1 rings (SSSR count). The standard InChI is InChI=1S/C35H66O6SSi2/c1-13-15-17-21-27(40-43(9,10)34(3,4)5)23-24-28-29(41-44(11,12)35(6,7)8)26-30(39-32(38)20-14-2)33(28)42-25-19-16-18-22-31(36)37/h23-24,27-29H,13-22,25-26H2,1-12H3,(H,36,37)/t27-,28-,29+/m0/s1. The van der Waals surface area contributed by atoms with Crippen LogP contribution >= 0.6 is 11.8 Å². The molecule has 0 saturated carbocycles. The highest BCUT2D eigenvalue weighted by Crippen LogP contribution is 2.47. The molecule has 0 unspecified atom stereocenters. The number of carbonyl (C=O) groups is 2. The fraction of sp³-hybridized carbons (Fsp3) is 0.829. The van der Waals surface area contributed by atoms with Gasteiger partial charge in [0.2, 0.25) is 0 Å². The van der Waals surface area contributed by atoms with Gasteiger partial charge in [-0.2, -0.15) is 0 Å². The topological polar surface area (TPSA) is 82.1 Å². The molecule has 44 heavy (non-hydrogen) atoms. The summed E-state index contributed by atoms with van der Waals surface area (Å²) in [7, 11) is -4.11. The lowest BCUT2D eigenvalue weighted by molar-refractivity contribution is -0.140. The second-order valence-electron chi connectivity index (χ2n) is 15.5. The van der Waals surface area contributed by atoms with Gasteiger partial charge in [-0.15, -0.1) is 11.8 Å². The van der Waals surface area contributed by atoms with Crippen molar-refractivity contribution in [2.75, 3.05) is 5.75 Å². The number of hydrogen-bond acceptors (Lipinski definition) is 6. The van der Waals surface area contributed by atoms with Crippen molar-refractivity contribution in [2.45, 2.75) is 174 Å². The second-order valence-corrected chi connectivity index (χ2v) is 26.2. The molecule has 0 aromatic carbocycles. The Balaban J connectivity index is 3.48. The quantitative estimate of drug-likeness (QED) is 0.0597. The van der Waals surface area contributed by atoms with Crippen LogP contribution in [0.1, 0.15) is 126 Å². The first-order valence-corrected chi connectivity index (χ1v) is 23.9. The van der Waals surface area contributed by atoms with Gasteiger partial charge in [0.1, 0.15) is 5.76 Å². The van der Waals surface area contributed by atoms with E-state index in [0.717, 1.165) is 48.5 Å². The zero-order valence-electron chi connectivity index (χ0n) is 30.3. The third-order valence-corrected chi connectivity index (χ3v) is 19.8. The molecule has 0 spiro atoms. The number of ether oxygens (including phenoxy) is 1. The maximum Gasteiger partial charge on any atom is 0.310 e. The first-order valence-electron chi connectivity index (χ1n) is 17.1. The van der Waals surface area contributed by atoms with Crippen LogP contribution in [0.25, 0.3) is 0 Å². The third-order valence-electron chi connectivity index (χ3n) is 9.48. The first kappa shape index (κ1) is 41.1. The van der Waals surface area contributed by atoms with E-state index in [2.05, 4.69) is 86.8 Å². The SMILES string of the molecule is CCCCC[C@@H](C=C[C@@H]1C(SCCCCCC(=O)O)=C(OC(=O)CCC)C[C@H]1O[Si](C)(C)C(C)(C)C)O[Si](C)(C)C(C)(C)C. The van der Waals surface area contributed by atoms with Crippen molar-refractivity contribution in [1.82, 2.24) is 0 Å². The van der Waals surface area contributed by atoms with E-state index < -0.39 is 22.6 Å². The summed E-state index contributed by atoms with van der Waals surface area (Å²) < 4.78 is 20.1. The highest BCUT2D eigenvalue weighted by molar-refractivity contribution is 8.03. The van der Waals surface area contributed by atoms with Crippen molar-refractivity contribution in [1.29, 1.82) is 0 Å². The van der Waals surface area contributed by atoms with Gasteiger partial charge < -0.3 is 18.7 Å². The van der Waals surface area contributed by atoms with E-state index in [9.17, 15) is 9.59 Å². The molecule has 0 aliphatic heterocycles. The Kier molecular flexibility index (Phi) is 17.3. The molecular weight excluding hydrogens is 605 g/mol. The molecular formula is C35H66O6SSi2. The average molecular weight is 671 g/mol. The van der Waals surface area contributed by atoms with Gasteiger partial charge in [0.15, 0.2) is 16.6 Å². The Bertz CT molecular complexity index is 961. The normalized spacial score (nSPS) is 19.2. The van der Waals surface area contributed by atoms with Crippen LogP contribution in [0.4, 0.5) is 0 Å². The van der Waals surface area contributed by atoms with Crippen LogP contribution in [0.2, 0.25) is 36.3 Å². The fourth-order valence-electron chi connectivity index (χ4n) is 4.63. The summed E-state index contributed by atoms with van der Waals surface area (Å²) in [6.45, 7) is 27.1. The van der Waals surface area contributed by atoms with Gasteiger partial charge in [-0.1, -0.05) is 93.2 Å². The van der Waals surface area contributed by atoms with Gasteiger partial charge in [0.25, 0.3) is 0 Å². The summed E-state index contributed by atoms with van der Waals surface area (Å²) in [5.74, 6) is 0.655. The number of aliphatic carboxylic acids is 1. The Labute approximate surface area is 276 Å². The van der Waals surface area contributed by atoms with E-state index >= 15 is 0 Å². The monoisotopic (exact) mass is 670 g/mol. The Hall–Kier alpha value is -0.876. The highest BCUT2D eigenvalue weighted by Gasteiger charge is 2.45. The number of rotatable bonds is 20. The Morgan fingerprint density at radius 3 is 2.09 bits per heavy atom. The molecule has 256 valence electrons. The molecule has 0 amide bonds. The minimum atomic E-state index is -2.12. The maximum absolute atomic E-state index is 12.8. The molecule has 0 aromatic rings. The summed E-state index contributed by atoms with van der Waals surface area (Å²) in [6, 6.07) is 0. The molecule has 0 fully saturated rings. The summed E-state index contributed by atoms with van der Waals surface area (Å²) in [6.07, 6.45) is 13.4. The molecule has 0 saturated heterocycles. The lowest BCUT2D eigenvalue weighted by Gasteiger charge is -2.40. The average Bonchev–Trinajstić information content (AvgIpc) is 3.17. The summed E-state index contributed by atoms with van der Waals surface area (Å²) in [4.78, 5) is 24.8. The number of unbranched alkanes of at least 4 members (excludes halogenated alkanes) is 4. The molecule has 0 bridgehead atoms. The zero-order chi connectivity index (χ0) is 33.8. The number of carboxylic acids is 1. The van der Waals surface area contributed by atoms with E-state index in [1.54, 1.807) is 11.8 Å². The smallest absolute Gasteiger partial charge is 0.310 e. The largest absolute Gasteiger partial charge is 0.481 e. The van der Waals surface area contributed by atoms with Gasteiger partial charge in [0, 0.05) is 30.1 Å². The second kappa shape index (κ2) is 18.5. The Morgan fingerprint density at radius 2 is 1.55 bits per heavy atom. The summed E-state index contributed by atoms with van der Waals surface area (Å²) in [5, 5.41) is 9.19. The molecule has 1 aliphatic carbocycles. The van der Waals surface area contributed by atoms with E-state index in [4.69, 9.17) is 18.7 Å². The molecule has 0 radical (unpaired) electrons. The van der Waals surface area contributed by atoms with Crippen LogP contribution < -0.4 is 0 Å². The molecule has 3 atom stereocenters. The first-order chi connectivity index (χ1) is 20.3. The third kappa shape index (κ3) is 13.9. The number of thioether (sulfide) groups is 1. The van der Waals surface area contributed by atoms with Gasteiger partial charge >= 0.3 is 11.9 Å². The highest BCUT2D eigenvalue weighted by atomic mass is 32.2. The predicted octanol–water partition coefficient (Wildman–Crippen LogP) is 10.9. The van der Waals surface area contributed by atoms with Crippen molar-refractivity contribution in [2.24, 2.45) is 5.92 Å². The molecule has 9 heteroatoms. The van der Waals surface area contributed by atoms with Gasteiger partial charge in [-0.3, -0.25) is 9.59 Å². The Morgan fingerprint density at radius 1 is 0.909 bits per heavy atom. The zero-order valence-corrected chi connectivity index (χ0v) is 33.1. The number of carbonyl (C=O) groups excluding carboxylic acids is 1. The van der Waals surface area contributed by atoms with E-state index in [-0.39, 0.29) is 40.6 Å². The minimum Gasteiger partial charge on any atom is -0.481 e. The van der Waals surface area contributed by atoms with E-state index in [1.807, 2.05) is 6.92 Å². The van der Waals surface area contributed by atoms with Gasteiger partial charge in [-0.05, 0) is 67.7 Å². The van der Waals surface area contributed by atoms with Crippen LogP contribution in [0.15, 0.2) is 22.8 Å². The van der Waals surface area contributed by atoms with Crippen molar-refractivity contribution in [3.8, 4) is 0 Å². The molecule has 6 nitrogen and oxygen atoms in total. The van der Waals surface area contributed by atoms with Crippen LogP contribution in [0.5, 0.6) is 0 Å². The van der Waals surface area contributed by atoms with Crippen molar-refractivity contribution in [3.05, 3.63) is 22.8 Å². The fourth-order valence-corrected chi connectivity index (χ4v) is 8.56. The van der Waals surface area contributed by atoms with Crippen LogP contribution in [-0.4, -0.2) is 51.6 Å². The van der Waals surface area contributed by atoms with Crippen LogP contribution in [0, 0.1) is 5.92 Å². The minimum absolute atomic E-state index is 0.0192. The van der Waals surface area contributed by atoms with Crippen molar-refractivity contribution >= 4 is 40.3 Å². The molecule has 1 N–H and O–H groups in total. The van der Waals surface area contributed by atoms with Crippen molar-refractivity contribution in [3.63, 3.8) is 0 Å². The lowest BCUT2D eigenvalue weighted by atomic mass is 10.0. The van der Waals surface area contributed by atoms with E-state index in [0.29, 0.717) is 19.3 Å². The lowest BCUT2D eigenvalue weighted by Crippen LogP contribution is -2.45. The molecule has 1 aliphatic rings. The number of esters is 1.